The molecule has 0 unspecified atom stereocenters. The van der Waals surface area contributed by atoms with Crippen molar-refractivity contribution in [3.05, 3.63) is 103 Å². The molecule has 0 aliphatic heterocycles. The topological polar surface area (TPSA) is 94.8 Å². The van der Waals surface area contributed by atoms with Gasteiger partial charge in [-0.15, -0.1) is 0 Å². The summed E-state index contributed by atoms with van der Waals surface area (Å²) in [6, 6.07) is 16.6. The second-order valence-electron chi connectivity index (χ2n) is 7.80. The van der Waals surface area contributed by atoms with E-state index in [2.05, 4.69) is 15.3 Å². The summed E-state index contributed by atoms with van der Waals surface area (Å²) in [5, 5.41) is 3.50. The van der Waals surface area contributed by atoms with Crippen molar-refractivity contribution >= 4 is 16.8 Å². The van der Waals surface area contributed by atoms with Crippen molar-refractivity contribution in [2.75, 3.05) is 0 Å². The number of amides is 1. The normalized spacial score (nSPS) is 10.9. The zero-order valence-electron chi connectivity index (χ0n) is 17.6. The van der Waals surface area contributed by atoms with E-state index in [1.165, 1.54) is 6.07 Å². The molecule has 0 saturated heterocycles. The Hall–Kier alpha value is -3.93. The van der Waals surface area contributed by atoms with Crippen LogP contribution in [-0.2, 0) is 6.54 Å². The average Bonchev–Trinajstić information content (AvgIpc) is 2.72. The van der Waals surface area contributed by atoms with Crippen LogP contribution in [0.3, 0.4) is 0 Å². The first-order valence-electron chi connectivity index (χ1n) is 10.0. The summed E-state index contributed by atoms with van der Waals surface area (Å²) >= 11 is 0. The molecule has 0 bridgehead atoms. The Morgan fingerprint density at radius 1 is 0.871 bits per heavy atom. The molecule has 156 valence electrons. The van der Waals surface area contributed by atoms with Crippen LogP contribution in [0.4, 0.5) is 0 Å². The largest absolute Gasteiger partial charge is 0.348 e. The summed E-state index contributed by atoms with van der Waals surface area (Å²) in [4.78, 5) is 42.9. The fraction of sp³-hybridized carbons (Fsp3) is 0.160. The van der Waals surface area contributed by atoms with Gasteiger partial charge >= 0.3 is 0 Å². The fourth-order valence-corrected chi connectivity index (χ4v) is 3.74. The lowest BCUT2D eigenvalue weighted by atomic mass is 9.98. The van der Waals surface area contributed by atoms with E-state index in [-0.39, 0.29) is 23.6 Å². The lowest BCUT2D eigenvalue weighted by molar-refractivity contribution is 0.0952. The number of H-pyrrole nitrogens is 2. The number of rotatable bonds is 4. The smallest absolute Gasteiger partial charge is 0.253 e. The number of carbonyl (C=O) groups excluding carboxylic acids is 1. The first kappa shape index (κ1) is 20.3. The van der Waals surface area contributed by atoms with Gasteiger partial charge < -0.3 is 15.3 Å². The molecule has 0 spiro atoms. The Morgan fingerprint density at radius 2 is 1.61 bits per heavy atom. The predicted octanol–water partition coefficient (Wildman–Crippen LogP) is 3.74. The van der Waals surface area contributed by atoms with Crippen molar-refractivity contribution in [1.29, 1.82) is 0 Å². The van der Waals surface area contributed by atoms with Crippen LogP contribution in [0.25, 0.3) is 22.0 Å². The molecule has 0 atom stereocenters. The number of fused-ring (bicyclic) bond motifs is 1. The van der Waals surface area contributed by atoms with Gasteiger partial charge in [0.1, 0.15) is 0 Å². The number of benzene rings is 2. The average molecular weight is 413 g/mol. The van der Waals surface area contributed by atoms with Crippen LogP contribution in [-0.4, -0.2) is 15.9 Å². The number of hydrogen-bond acceptors (Lipinski definition) is 3. The molecule has 2 heterocycles. The molecule has 4 aromatic rings. The quantitative estimate of drug-likeness (QED) is 0.476. The van der Waals surface area contributed by atoms with Gasteiger partial charge in [-0.2, -0.15) is 0 Å². The number of hydrogen-bond donors (Lipinski definition) is 3. The summed E-state index contributed by atoms with van der Waals surface area (Å²) < 4.78 is 0. The van der Waals surface area contributed by atoms with E-state index in [1.54, 1.807) is 6.07 Å². The Labute approximate surface area is 179 Å². The maximum Gasteiger partial charge on any atom is 0.253 e. The number of aromatic nitrogens is 2. The van der Waals surface area contributed by atoms with Crippen molar-refractivity contribution in [2.24, 2.45) is 0 Å². The van der Waals surface area contributed by atoms with E-state index < -0.39 is 0 Å². The Bertz CT molecular complexity index is 1410. The van der Waals surface area contributed by atoms with Gasteiger partial charge in [0, 0.05) is 40.3 Å². The van der Waals surface area contributed by atoms with Gasteiger partial charge in [-0.3, -0.25) is 14.4 Å². The Balaban J connectivity index is 1.75. The van der Waals surface area contributed by atoms with Gasteiger partial charge in [-0.05, 0) is 61.7 Å². The van der Waals surface area contributed by atoms with Crippen molar-refractivity contribution in [2.45, 2.75) is 27.3 Å². The molecule has 6 heteroatoms. The molecule has 0 aliphatic rings. The van der Waals surface area contributed by atoms with E-state index in [9.17, 15) is 14.4 Å². The second-order valence-corrected chi connectivity index (χ2v) is 7.80. The maximum atomic E-state index is 13.1. The third-order valence-electron chi connectivity index (χ3n) is 5.39. The van der Waals surface area contributed by atoms with E-state index in [0.29, 0.717) is 22.0 Å². The summed E-state index contributed by atoms with van der Waals surface area (Å²) in [6.07, 6.45) is 0. The van der Waals surface area contributed by atoms with Crippen molar-refractivity contribution < 1.29 is 4.79 Å². The third kappa shape index (κ3) is 4.19. The standard InChI is InChI=1S/C25H23N3O3/c1-14-4-6-17(7-5-14)18-11-20(19-8-9-23(29)28-22(19)12-18)24(30)26-13-21-15(2)10-16(3)27-25(21)31/h4-12H,13H2,1-3H3,(H,26,30)(H,27,31)(H,28,29). The van der Waals surface area contributed by atoms with Crippen LogP contribution < -0.4 is 16.4 Å². The molecule has 3 N–H and O–H groups in total. The molecule has 31 heavy (non-hydrogen) atoms. The predicted molar refractivity (Wildman–Crippen MR) is 122 cm³/mol. The lowest BCUT2D eigenvalue weighted by Gasteiger charge is -2.12. The zero-order chi connectivity index (χ0) is 22.1. The van der Waals surface area contributed by atoms with E-state index in [4.69, 9.17) is 0 Å². The van der Waals surface area contributed by atoms with E-state index in [1.807, 2.05) is 63.2 Å². The minimum Gasteiger partial charge on any atom is -0.348 e. The zero-order valence-corrected chi connectivity index (χ0v) is 17.6. The van der Waals surface area contributed by atoms with Crippen LogP contribution in [0.5, 0.6) is 0 Å². The molecule has 0 fully saturated rings. The highest BCUT2D eigenvalue weighted by atomic mass is 16.2. The molecule has 0 radical (unpaired) electrons. The monoisotopic (exact) mass is 413 g/mol. The highest BCUT2D eigenvalue weighted by Gasteiger charge is 2.15. The van der Waals surface area contributed by atoms with Crippen molar-refractivity contribution in [3.8, 4) is 11.1 Å². The highest BCUT2D eigenvalue weighted by Crippen LogP contribution is 2.27. The van der Waals surface area contributed by atoms with E-state index in [0.717, 1.165) is 27.9 Å². The van der Waals surface area contributed by atoms with Crippen molar-refractivity contribution in [1.82, 2.24) is 15.3 Å². The number of carbonyl (C=O) groups is 1. The van der Waals surface area contributed by atoms with Gasteiger partial charge in [0.2, 0.25) is 5.56 Å². The van der Waals surface area contributed by atoms with Gasteiger partial charge in [0.15, 0.2) is 0 Å². The lowest BCUT2D eigenvalue weighted by Crippen LogP contribution is -2.28. The Kier molecular flexibility index (Phi) is 5.29. The third-order valence-corrected chi connectivity index (χ3v) is 5.39. The highest BCUT2D eigenvalue weighted by molar-refractivity contribution is 6.07. The van der Waals surface area contributed by atoms with Crippen LogP contribution in [0.1, 0.15) is 32.7 Å². The second kappa shape index (κ2) is 8.07. The molecule has 0 aliphatic carbocycles. The van der Waals surface area contributed by atoms with Crippen LogP contribution >= 0.6 is 0 Å². The Morgan fingerprint density at radius 3 is 2.32 bits per heavy atom. The maximum absolute atomic E-state index is 13.1. The molecule has 6 nitrogen and oxygen atoms in total. The molecule has 1 amide bonds. The summed E-state index contributed by atoms with van der Waals surface area (Å²) in [5.41, 5.74) is 5.59. The summed E-state index contributed by atoms with van der Waals surface area (Å²) in [6.45, 7) is 5.79. The first-order chi connectivity index (χ1) is 14.8. The summed E-state index contributed by atoms with van der Waals surface area (Å²) in [5.74, 6) is -0.314. The SMILES string of the molecule is Cc1ccc(-c2cc(C(=O)NCc3c(C)cc(C)[nH]c3=O)c3ccc(=O)[nH]c3c2)cc1. The van der Waals surface area contributed by atoms with E-state index >= 15 is 0 Å². The van der Waals surface area contributed by atoms with Crippen LogP contribution in [0.2, 0.25) is 0 Å². The molecular formula is C25H23N3O3. The molecule has 2 aromatic carbocycles. The molecule has 4 rings (SSSR count). The molecular weight excluding hydrogens is 390 g/mol. The first-order valence-corrected chi connectivity index (χ1v) is 10.0. The van der Waals surface area contributed by atoms with Crippen LogP contribution in [0.15, 0.2) is 64.2 Å². The number of aryl methyl sites for hydroxylation is 3. The van der Waals surface area contributed by atoms with Gasteiger partial charge in [-0.25, -0.2) is 0 Å². The minimum absolute atomic E-state index is 0.111. The summed E-state index contributed by atoms with van der Waals surface area (Å²) in [7, 11) is 0. The van der Waals surface area contributed by atoms with Gasteiger partial charge in [-0.1, -0.05) is 29.8 Å². The number of nitrogens with one attached hydrogen (secondary N) is 3. The minimum atomic E-state index is -0.314. The van der Waals surface area contributed by atoms with Gasteiger partial charge in [0.05, 0.1) is 0 Å². The number of pyridine rings is 2. The number of aromatic amines is 2. The van der Waals surface area contributed by atoms with Crippen molar-refractivity contribution in [3.63, 3.8) is 0 Å². The fourth-order valence-electron chi connectivity index (χ4n) is 3.74. The molecule has 0 saturated carbocycles. The van der Waals surface area contributed by atoms with Gasteiger partial charge in [0.25, 0.3) is 11.5 Å². The molecule has 2 aromatic heterocycles. The van der Waals surface area contributed by atoms with Crippen LogP contribution in [0, 0.1) is 20.8 Å².